The third-order valence-electron chi connectivity index (χ3n) is 1.24. The minimum atomic E-state index is 0.893. The molecule has 1 aliphatic rings. The molecule has 0 radical (unpaired) electrons. The molecule has 11 heavy (non-hydrogen) atoms. The van der Waals surface area contributed by atoms with Gasteiger partial charge in [-0.15, -0.1) is 0 Å². The number of nitrogens with one attached hydrogen (secondary N) is 1. The maximum absolute atomic E-state index is 3.13. The molecule has 3 heteroatoms. The van der Waals surface area contributed by atoms with Gasteiger partial charge in [-0.05, 0) is 18.4 Å². The molecule has 0 spiro atoms. The highest BCUT2D eigenvalue weighted by atomic mass is 127. The lowest BCUT2D eigenvalue weighted by Crippen LogP contribution is -2.07. The lowest BCUT2D eigenvalue weighted by molar-refractivity contribution is 0.744. The molecule has 0 saturated carbocycles. The minimum absolute atomic E-state index is 0.893. The normalized spacial score (nSPS) is 26.8. The Kier molecular flexibility index (Phi) is 4.11. The Balaban J connectivity index is 2.49. The van der Waals surface area contributed by atoms with Crippen molar-refractivity contribution >= 4 is 22.9 Å². The molecule has 0 fully saturated rings. The van der Waals surface area contributed by atoms with Gasteiger partial charge in [0.1, 0.15) is 0 Å². The average Bonchev–Trinajstić information content (AvgIpc) is 2.03. The summed E-state index contributed by atoms with van der Waals surface area (Å²) in [6, 6.07) is 0. The highest BCUT2D eigenvalue weighted by molar-refractivity contribution is 14.1. The minimum Gasteiger partial charge on any atom is -0.387 e. The maximum Gasteiger partial charge on any atom is 0.0589 e. The molecule has 0 aromatic carbocycles. The third-order valence-corrected chi connectivity index (χ3v) is 1.96. The maximum atomic E-state index is 3.13. The van der Waals surface area contributed by atoms with Gasteiger partial charge in [0.15, 0.2) is 0 Å². The second-order valence-corrected chi connectivity index (χ2v) is 3.40. The molecule has 0 aliphatic carbocycles. The Bertz CT molecular complexity index is 185. The fraction of sp³-hybridized carbons (Fsp3) is 0.250. The van der Waals surface area contributed by atoms with Gasteiger partial charge in [-0.2, -0.15) is 0 Å². The quantitative estimate of drug-likeness (QED) is 0.529. The van der Waals surface area contributed by atoms with Gasteiger partial charge in [0.05, 0.1) is 22.9 Å². The predicted molar refractivity (Wildman–Crippen MR) is 56.1 cm³/mol. The van der Waals surface area contributed by atoms with Gasteiger partial charge in [-0.1, -0.05) is 12.2 Å². The van der Waals surface area contributed by atoms with E-state index in [1.54, 1.807) is 0 Å². The van der Waals surface area contributed by atoms with E-state index in [9.17, 15) is 0 Å². The van der Waals surface area contributed by atoms with Gasteiger partial charge < -0.3 is 8.43 Å². The first kappa shape index (κ1) is 8.64. The number of halogens is 1. The first-order valence-electron chi connectivity index (χ1n) is 3.54. The van der Waals surface area contributed by atoms with Crippen molar-refractivity contribution in [3.05, 3.63) is 36.7 Å². The summed E-state index contributed by atoms with van der Waals surface area (Å²) in [4.78, 5) is 0. The second-order valence-electron chi connectivity index (χ2n) is 2.16. The monoisotopic (exact) mass is 262 g/mol. The van der Waals surface area contributed by atoms with Crippen LogP contribution in [-0.2, 0) is 0 Å². The van der Waals surface area contributed by atoms with Crippen LogP contribution in [0.4, 0.5) is 0 Å². The van der Waals surface area contributed by atoms with Crippen LogP contribution >= 0.6 is 22.9 Å². The third kappa shape index (κ3) is 4.08. The van der Waals surface area contributed by atoms with Gasteiger partial charge in [0.2, 0.25) is 0 Å². The van der Waals surface area contributed by atoms with E-state index in [2.05, 4.69) is 49.6 Å². The van der Waals surface area contributed by atoms with Gasteiger partial charge in [-0.25, -0.2) is 0 Å². The van der Waals surface area contributed by atoms with Crippen LogP contribution in [0.2, 0.25) is 0 Å². The number of hydrogen-bond donors (Lipinski definition) is 1. The lowest BCUT2D eigenvalue weighted by atomic mass is 10.4. The molecule has 1 heterocycles. The van der Waals surface area contributed by atoms with Crippen molar-refractivity contribution in [3.63, 3.8) is 0 Å². The van der Waals surface area contributed by atoms with E-state index in [1.807, 2.05) is 18.4 Å². The van der Waals surface area contributed by atoms with E-state index in [0.717, 1.165) is 13.1 Å². The highest BCUT2D eigenvalue weighted by Gasteiger charge is 1.87. The van der Waals surface area contributed by atoms with Crippen LogP contribution in [0, 0.1) is 0 Å². The summed E-state index contributed by atoms with van der Waals surface area (Å²) < 4.78 is 2.11. The molecule has 60 valence electrons. The number of allylic oxidation sites excluding steroid dienone is 2. The molecule has 0 bridgehead atoms. The summed E-state index contributed by atoms with van der Waals surface area (Å²) in [6.45, 7) is 1.85. The Morgan fingerprint density at radius 3 is 3.09 bits per heavy atom. The summed E-state index contributed by atoms with van der Waals surface area (Å²) in [6.07, 6.45) is 12.3. The summed E-state index contributed by atoms with van der Waals surface area (Å²) in [5.41, 5.74) is 0. The first-order valence-corrected chi connectivity index (χ1v) is 4.50. The van der Waals surface area contributed by atoms with Crippen LogP contribution in [0.5, 0.6) is 0 Å². The molecule has 0 unspecified atom stereocenters. The zero-order valence-corrected chi connectivity index (χ0v) is 8.36. The molecule has 1 aliphatic heterocycles. The molecular weight excluding hydrogens is 251 g/mol. The number of nitrogens with zero attached hydrogens (tertiary/aromatic N) is 1. The molecule has 0 atom stereocenters. The second kappa shape index (κ2) is 5.23. The zero-order chi connectivity index (χ0) is 7.94. The Hall–Kier alpha value is -0.450. The van der Waals surface area contributed by atoms with E-state index in [0.29, 0.717) is 0 Å². The summed E-state index contributed by atoms with van der Waals surface area (Å²) in [5.74, 6) is 0. The smallest absolute Gasteiger partial charge is 0.0589 e. The Morgan fingerprint density at radius 1 is 1.27 bits per heavy atom. The van der Waals surface area contributed by atoms with Crippen LogP contribution in [0.25, 0.3) is 0 Å². The van der Waals surface area contributed by atoms with Crippen molar-refractivity contribution in [2.75, 3.05) is 13.1 Å². The SMILES string of the molecule is IN1/C=C\CN/C=C\C=C/C1. The van der Waals surface area contributed by atoms with Crippen LogP contribution in [0.15, 0.2) is 36.7 Å². The van der Waals surface area contributed by atoms with Gasteiger partial charge in [0, 0.05) is 19.3 Å². The van der Waals surface area contributed by atoms with E-state index in [1.165, 1.54) is 0 Å². The van der Waals surface area contributed by atoms with Crippen molar-refractivity contribution < 1.29 is 0 Å². The largest absolute Gasteiger partial charge is 0.387 e. The van der Waals surface area contributed by atoms with E-state index in [4.69, 9.17) is 0 Å². The molecule has 2 nitrogen and oxygen atoms in total. The van der Waals surface area contributed by atoms with Crippen molar-refractivity contribution in [2.24, 2.45) is 0 Å². The van der Waals surface area contributed by atoms with Gasteiger partial charge in [0.25, 0.3) is 0 Å². The first-order chi connectivity index (χ1) is 5.39. The van der Waals surface area contributed by atoms with Crippen LogP contribution in [-0.4, -0.2) is 16.2 Å². The number of hydrogen-bond acceptors (Lipinski definition) is 2. The van der Waals surface area contributed by atoms with E-state index >= 15 is 0 Å². The lowest BCUT2D eigenvalue weighted by Gasteiger charge is -2.07. The van der Waals surface area contributed by atoms with Crippen molar-refractivity contribution in [2.45, 2.75) is 0 Å². The molecule has 0 aromatic heterocycles. The molecular formula is C8H11IN2. The van der Waals surface area contributed by atoms with E-state index < -0.39 is 0 Å². The van der Waals surface area contributed by atoms with Gasteiger partial charge >= 0.3 is 0 Å². The molecule has 0 saturated heterocycles. The van der Waals surface area contributed by atoms with Crippen molar-refractivity contribution in [3.8, 4) is 0 Å². The molecule has 0 amide bonds. The molecule has 1 rings (SSSR count). The van der Waals surface area contributed by atoms with Crippen molar-refractivity contribution in [1.82, 2.24) is 8.43 Å². The molecule has 0 aromatic rings. The topological polar surface area (TPSA) is 15.3 Å². The number of rotatable bonds is 0. The summed E-state index contributed by atoms with van der Waals surface area (Å²) in [7, 11) is 0. The zero-order valence-electron chi connectivity index (χ0n) is 6.20. The highest BCUT2D eigenvalue weighted by Crippen LogP contribution is 1.99. The fourth-order valence-corrected chi connectivity index (χ4v) is 1.18. The van der Waals surface area contributed by atoms with Crippen LogP contribution < -0.4 is 5.32 Å². The Morgan fingerprint density at radius 2 is 2.18 bits per heavy atom. The van der Waals surface area contributed by atoms with Crippen molar-refractivity contribution in [1.29, 1.82) is 0 Å². The van der Waals surface area contributed by atoms with Crippen LogP contribution in [0.1, 0.15) is 0 Å². The summed E-state index contributed by atoms with van der Waals surface area (Å²) >= 11 is 2.27. The van der Waals surface area contributed by atoms with Gasteiger partial charge in [-0.3, -0.25) is 0 Å². The molecule has 1 N–H and O–H groups in total. The summed E-state index contributed by atoms with van der Waals surface area (Å²) in [5, 5.41) is 3.13. The van der Waals surface area contributed by atoms with E-state index in [-0.39, 0.29) is 0 Å². The average molecular weight is 262 g/mol. The van der Waals surface area contributed by atoms with Crippen LogP contribution in [0.3, 0.4) is 0 Å². The Labute approximate surface area is 81.1 Å². The predicted octanol–water partition coefficient (Wildman–Crippen LogP) is 1.83. The fourth-order valence-electron chi connectivity index (χ4n) is 0.728. The standard InChI is InChI=1S/C8H11IN2/c9-11-7-3-1-2-5-10-6-4-8-11/h1-5,8,10H,6-7H2/b3-1-,5-2-,8-4-.